The van der Waals surface area contributed by atoms with E-state index in [-0.39, 0.29) is 16.5 Å². The lowest BCUT2D eigenvalue weighted by Crippen LogP contribution is -2.29. The molecule has 128 valence electrons. The van der Waals surface area contributed by atoms with Gasteiger partial charge in [0.05, 0.1) is 21.8 Å². The summed E-state index contributed by atoms with van der Waals surface area (Å²) in [5.74, 6) is -0.428. The molecule has 4 nitrogen and oxygen atoms in total. The summed E-state index contributed by atoms with van der Waals surface area (Å²) >= 11 is 5.97. The van der Waals surface area contributed by atoms with E-state index in [0.29, 0.717) is 5.02 Å². The lowest BCUT2D eigenvalue weighted by atomic mass is 10.1. The molecule has 0 fully saturated rings. The fraction of sp³-hybridized carbons (Fsp3) is 0.278. The number of rotatable bonds is 5. The van der Waals surface area contributed by atoms with Crippen molar-refractivity contribution in [2.24, 2.45) is 0 Å². The number of hydrogen-bond donors (Lipinski definition) is 1. The standard InChI is InChI=1S/C18H20ClNO3S/c1-12(2)24(22,23)17-10-5-4-9-16(17)18(21)20-13(3)14-7-6-8-15(19)11-14/h4-13H,1-3H3,(H,20,21). The molecule has 2 aromatic rings. The van der Waals surface area contributed by atoms with Crippen LogP contribution in [0.15, 0.2) is 53.4 Å². The molecule has 24 heavy (non-hydrogen) atoms. The third-order valence-electron chi connectivity index (χ3n) is 3.76. The summed E-state index contributed by atoms with van der Waals surface area (Å²) in [5.41, 5.74) is 1.00. The van der Waals surface area contributed by atoms with E-state index in [0.717, 1.165) is 5.56 Å². The summed E-state index contributed by atoms with van der Waals surface area (Å²) in [7, 11) is -3.54. The molecule has 1 unspecified atom stereocenters. The van der Waals surface area contributed by atoms with Crippen LogP contribution < -0.4 is 5.32 Å². The first-order chi connectivity index (χ1) is 11.2. The quantitative estimate of drug-likeness (QED) is 0.870. The third-order valence-corrected chi connectivity index (χ3v) is 6.20. The normalized spacial score (nSPS) is 12.9. The van der Waals surface area contributed by atoms with E-state index >= 15 is 0 Å². The smallest absolute Gasteiger partial charge is 0.253 e. The number of carbonyl (C=O) groups excluding carboxylic acids is 1. The first kappa shape index (κ1) is 18.5. The highest BCUT2D eigenvalue weighted by Gasteiger charge is 2.25. The molecule has 6 heteroatoms. The van der Waals surface area contributed by atoms with E-state index in [1.165, 1.54) is 12.1 Å². The zero-order chi connectivity index (χ0) is 17.9. The molecule has 0 aliphatic heterocycles. The molecular formula is C18H20ClNO3S. The zero-order valence-corrected chi connectivity index (χ0v) is 15.4. The average molecular weight is 366 g/mol. The minimum atomic E-state index is -3.54. The molecule has 0 aromatic heterocycles. The van der Waals surface area contributed by atoms with Crippen LogP contribution >= 0.6 is 11.6 Å². The van der Waals surface area contributed by atoms with Gasteiger partial charge in [-0.2, -0.15) is 0 Å². The topological polar surface area (TPSA) is 63.2 Å². The Kier molecular flexibility index (Phi) is 5.67. The number of hydrogen-bond acceptors (Lipinski definition) is 3. The molecule has 0 heterocycles. The van der Waals surface area contributed by atoms with E-state index in [1.807, 2.05) is 13.0 Å². The molecule has 1 atom stereocenters. The monoisotopic (exact) mass is 365 g/mol. The van der Waals surface area contributed by atoms with E-state index < -0.39 is 21.0 Å². The number of halogens is 1. The second-order valence-corrected chi connectivity index (χ2v) is 8.75. The summed E-state index contributed by atoms with van der Waals surface area (Å²) < 4.78 is 24.9. The minimum absolute atomic E-state index is 0.0517. The van der Waals surface area contributed by atoms with Crippen LogP contribution in [0, 0.1) is 0 Å². The van der Waals surface area contributed by atoms with Crippen molar-refractivity contribution < 1.29 is 13.2 Å². The molecule has 0 aliphatic carbocycles. The van der Waals surface area contributed by atoms with Crippen LogP contribution in [-0.4, -0.2) is 19.6 Å². The van der Waals surface area contributed by atoms with E-state index in [1.54, 1.807) is 44.2 Å². The molecular weight excluding hydrogens is 346 g/mol. The Hall–Kier alpha value is -1.85. The largest absolute Gasteiger partial charge is 0.345 e. The Morgan fingerprint density at radius 2 is 1.71 bits per heavy atom. The number of carbonyl (C=O) groups is 1. The Morgan fingerprint density at radius 1 is 1.04 bits per heavy atom. The van der Waals surface area contributed by atoms with Crippen molar-refractivity contribution in [3.63, 3.8) is 0 Å². The fourth-order valence-corrected chi connectivity index (χ4v) is 3.73. The van der Waals surface area contributed by atoms with Crippen molar-refractivity contribution in [2.75, 3.05) is 0 Å². The van der Waals surface area contributed by atoms with Crippen LogP contribution in [0.25, 0.3) is 0 Å². The number of benzene rings is 2. The highest BCUT2D eigenvalue weighted by Crippen LogP contribution is 2.22. The van der Waals surface area contributed by atoms with Crippen LogP contribution in [0.4, 0.5) is 0 Å². The predicted octanol–water partition coefficient (Wildman–Crippen LogP) is 4.01. The molecule has 0 spiro atoms. The summed E-state index contributed by atoms with van der Waals surface area (Å²) in [4.78, 5) is 12.6. The van der Waals surface area contributed by atoms with Gasteiger partial charge in [-0.05, 0) is 50.6 Å². The van der Waals surface area contributed by atoms with Crippen LogP contribution in [0.2, 0.25) is 5.02 Å². The Morgan fingerprint density at radius 3 is 2.33 bits per heavy atom. The van der Waals surface area contributed by atoms with Gasteiger partial charge in [0.25, 0.3) is 5.91 Å². The van der Waals surface area contributed by atoms with Gasteiger partial charge in [-0.15, -0.1) is 0 Å². The maximum atomic E-state index is 12.6. The van der Waals surface area contributed by atoms with Crippen molar-refractivity contribution in [3.8, 4) is 0 Å². The van der Waals surface area contributed by atoms with E-state index in [2.05, 4.69) is 5.32 Å². The van der Waals surface area contributed by atoms with Gasteiger partial charge in [-0.1, -0.05) is 35.9 Å². The van der Waals surface area contributed by atoms with Gasteiger partial charge in [0.1, 0.15) is 0 Å². The van der Waals surface area contributed by atoms with Gasteiger partial charge in [0, 0.05) is 5.02 Å². The zero-order valence-electron chi connectivity index (χ0n) is 13.8. The molecule has 0 saturated heterocycles. The van der Waals surface area contributed by atoms with Crippen molar-refractivity contribution in [3.05, 3.63) is 64.7 Å². The average Bonchev–Trinajstić information content (AvgIpc) is 2.54. The van der Waals surface area contributed by atoms with Crippen LogP contribution in [0.3, 0.4) is 0 Å². The summed E-state index contributed by atoms with van der Waals surface area (Å²) in [6.07, 6.45) is 0. The van der Waals surface area contributed by atoms with Crippen LogP contribution in [0.1, 0.15) is 42.7 Å². The van der Waals surface area contributed by atoms with Gasteiger partial charge < -0.3 is 5.32 Å². The summed E-state index contributed by atoms with van der Waals surface area (Å²) in [6.45, 7) is 5.01. The van der Waals surface area contributed by atoms with Crippen molar-refractivity contribution in [1.29, 1.82) is 0 Å². The molecule has 0 radical (unpaired) electrons. The maximum Gasteiger partial charge on any atom is 0.253 e. The van der Waals surface area contributed by atoms with E-state index in [4.69, 9.17) is 11.6 Å². The number of nitrogens with one attached hydrogen (secondary N) is 1. The molecule has 1 N–H and O–H groups in total. The molecule has 0 aliphatic rings. The third kappa shape index (κ3) is 3.97. The Balaban J connectivity index is 2.31. The lowest BCUT2D eigenvalue weighted by molar-refractivity contribution is 0.0936. The second-order valence-electron chi connectivity index (χ2n) is 5.84. The van der Waals surface area contributed by atoms with Crippen molar-refractivity contribution in [2.45, 2.75) is 37.0 Å². The highest BCUT2D eigenvalue weighted by molar-refractivity contribution is 7.92. The Bertz CT molecular complexity index is 847. The van der Waals surface area contributed by atoms with Crippen molar-refractivity contribution >= 4 is 27.3 Å². The molecule has 2 aromatic carbocycles. The van der Waals surface area contributed by atoms with Crippen LogP contribution in [0.5, 0.6) is 0 Å². The van der Waals surface area contributed by atoms with Gasteiger partial charge in [-0.25, -0.2) is 8.42 Å². The predicted molar refractivity (Wildman–Crippen MR) is 96.1 cm³/mol. The van der Waals surface area contributed by atoms with Gasteiger partial charge >= 0.3 is 0 Å². The van der Waals surface area contributed by atoms with Crippen molar-refractivity contribution in [1.82, 2.24) is 5.32 Å². The second kappa shape index (κ2) is 7.36. The fourth-order valence-electron chi connectivity index (χ4n) is 2.29. The Labute approximate surface area is 147 Å². The van der Waals surface area contributed by atoms with Gasteiger partial charge in [0.15, 0.2) is 9.84 Å². The number of sulfone groups is 1. The van der Waals surface area contributed by atoms with Crippen LogP contribution in [-0.2, 0) is 9.84 Å². The first-order valence-corrected chi connectivity index (χ1v) is 9.55. The molecule has 1 amide bonds. The maximum absolute atomic E-state index is 12.6. The summed E-state index contributed by atoms with van der Waals surface area (Å²) in [5, 5.41) is 2.81. The molecule has 0 saturated carbocycles. The molecule has 2 rings (SSSR count). The number of amides is 1. The molecule has 0 bridgehead atoms. The lowest BCUT2D eigenvalue weighted by Gasteiger charge is -2.17. The minimum Gasteiger partial charge on any atom is -0.345 e. The highest BCUT2D eigenvalue weighted by atomic mass is 35.5. The SMILES string of the molecule is CC(NC(=O)c1ccccc1S(=O)(=O)C(C)C)c1cccc(Cl)c1. The van der Waals surface area contributed by atoms with Gasteiger partial charge in [0.2, 0.25) is 0 Å². The van der Waals surface area contributed by atoms with Gasteiger partial charge in [-0.3, -0.25) is 4.79 Å². The van der Waals surface area contributed by atoms with E-state index in [9.17, 15) is 13.2 Å². The summed E-state index contributed by atoms with van der Waals surface area (Å²) in [6, 6.07) is 13.1. The first-order valence-electron chi connectivity index (χ1n) is 7.62.